The van der Waals surface area contributed by atoms with Crippen molar-refractivity contribution in [3.63, 3.8) is 0 Å². The Morgan fingerprint density at radius 3 is 2.70 bits per heavy atom. The van der Waals surface area contributed by atoms with E-state index in [9.17, 15) is 4.79 Å². The number of aliphatic hydroxyl groups excluding tert-OH is 1. The van der Waals surface area contributed by atoms with E-state index in [4.69, 9.17) is 14.3 Å². The van der Waals surface area contributed by atoms with Gasteiger partial charge in [-0.1, -0.05) is 24.6 Å². The molecule has 1 heterocycles. The van der Waals surface area contributed by atoms with Gasteiger partial charge in [0.2, 0.25) is 0 Å². The van der Waals surface area contributed by atoms with Crippen LogP contribution in [0.1, 0.15) is 32.1 Å². The van der Waals surface area contributed by atoms with Crippen molar-refractivity contribution in [3.8, 4) is 5.75 Å². The number of methoxy groups -OCH3 is 1. The van der Waals surface area contributed by atoms with Crippen LogP contribution in [0.4, 0.5) is 0 Å². The zero-order valence-electron chi connectivity index (χ0n) is 12.7. The van der Waals surface area contributed by atoms with Crippen molar-refractivity contribution in [2.45, 2.75) is 27.7 Å². The SMILES string of the molecule is COc1cc(=O)oc(/C(C)=C/C(C)=C/C(C)CO)c1C. The summed E-state index contributed by atoms with van der Waals surface area (Å²) in [5.74, 6) is 1.14. The molecule has 0 aliphatic rings. The third-order valence-corrected chi connectivity index (χ3v) is 3.02. The molecule has 0 aromatic carbocycles. The standard InChI is InChI=1S/C16H22O4/c1-10(6-11(2)9-17)7-12(3)16-13(4)14(19-5)8-15(18)20-16/h6-8,11,17H,9H2,1-5H3/b10-6+,12-7+. The Labute approximate surface area is 119 Å². The summed E-state index contributed by atoms with van der Waals surface area (Å²) in [4.78, 5) is 11.5. The first kappa shape index (κ1) is 16.2. The van der Waals surface area contributed by atoms with Gasteiger partial charge in [-0.25, -0.2) is 4.79 Å². The third-order valence-electron chi connectivity index (χ3n) is 3.02. The predicted octanol–water partition coefficient (Wildman–Crippen LogP) is 2.93. The number of ether oxygens (including phenoxy) is 1. The summed E-state index contributed by atoms with van der Waals surface area (Å²) in [6, 6.07) is 1.34. The molecule has 0 saturated carbocycles. The molecule has 0 saturated heterocycles. The lowest BCUT2D eigenvalue weighted by atomic mass is 10.0. The van der Waals surface area contributed by atoms with Crippen molar-refractivity contribution in [2.75, 3.05) is 13.7 Å². The molecule has 4 heteroatoms. The second kappa shape index (κ2) is 7.10. The predicted molar refractivity (Wildman–Crippen MR) is 79.9 cm³/mol. The van der Waals surface area contributed by atoms with Crippen molar-refractivity contribution in [3.05, 3.63) is 45.5 Å². The second-order valence-electron chi connectivity index (χ2n) is 4.99. The van der Waals surface area contributed by atoms with Crippen LogP contribution in [0.15, 0.2) is 33.0 Å². The monoisotopic (exact) mass is 278 g/mol. The summed E-state index contributed by atoms with van der Waals surface area (Å²) in [6.45, 7) is 7.72. The van der Waals surface area contributed by atoms with Gasteiger partial charge in [-0.05, 0) is 32.3 Å². The molecule has 4 nitrogen and oxygen atoms in total. The summed E-state index contributed by atoms with van der Waals surface area (Å²) in [6.07, 6.45) is 3.90. The van der Waals surface area contributed by atoms with Gasteiger partial charge >= 0.3 is 5.63 Å². The molecular weight excluding hydrogens is 256 g/mol. The van der Waals surface area contributed by atoms with E-state index in [0.29, 0.717) is 11.5 Å². The van der Waals surface area contributed by atoms with Crippen LogP contribution >= 0.6 is 0 Å². The minimum atomic E-state index is -0.430. The minimum absolute atomic E-state index is 0.0949. The van der Waals surface area contributed by atoms with E-state index in [0.717, 1.165) is 16.7 Å². The lowest BCUT2D eigenvalue weighted by Crippen LogP contribution is -2.04. The quantitative estimate of drug-likeness (QED) is 0.841. The van der Waals surface area contributed by atoms with Gasteiger partial charge in [-0.2, -0.15) is 0 Å². The number of hydrogen-bond acceptors (Lipinski definition) is 4. The maximum Gasteiger partial charge on any atom is 0.339 e. The first-order valence-electron chi connectivity index (χ1n) is 6.55. The van der Waals surface area contributed by atoms with Crippen molar-refractivity contribution < 1.29 is 14.3 Å². The molecule has 20 heavy (non-hydrogen) atoms. The van der Waals surface area contributed by atoms with Crippen LogP contribution in [0.25, 0.3) is 5.57 Å². The molecule has 0 spiro atoms. The summed E-state index contributed by atoms with van der Waals surface area (Å²) in [5, 5.41) is 9.04. The molecule has 0 fully saturated rings. The Hall–Kier alpha value is -1.81. The van der Waals surface area contributed by atoms with E-state index in [1.165, 1.54) is 13.2 Å². The van der Waals surface area contributed by atoms with Gasteiger partial charge in [0.25, 0.3) is 0 Å². The molecule has 1 N–H and O–H groups in total. The average molecular weight is 278 g/mol. The van der Waals surface area contributed by atoms with E-state index < -0.39 is 5.63 Å². The number of rotatable bonds is 5. The molecule has 1 aromatic heterocycles. The molecule has 1 aromatic rings. The number of aliphatic hydroxyl groups is 1. The lowest BCUT2D eigenvalue weighted by Gasteiger charge is -2.09. The Morgan fingerprint density at radius 1 is 1.50 bits per heavy atom. The normalized spacial score (nSPS) is 14.3. The van der Waals surface area contributed by atoms with Crippen molar-refractivity contribution in [2.24, 2.45) is 5.92 Å². The van der Waals surface area contributed by atoms with Gasteiger partial charge in [-0.3, -0.25) is 0 Å². The van der Waals surface area contributed by atoms with Gasteiger partial charge in [0, 0.05) is 12.2 Å². The van der Waals surface area contributed by atoms with Crippen LogP contribution < -0.4 is 10.4 Å². The maximum atomic E-state index is 11.5. The van der Waals surface area contributed by atoms with E-state index in [2.05, 4.69) is 0 Å². The van der Waals surface area contributed by atoms with Gasteiger partial charge < -0.3 is 14.3 Å². The summed E-state index contributed by atoms with van der Waals surface area (Å²) >= 11 is 0. The van der Waals surface area contributed by atoms with E-state index in [1.807, 2.05) is 39.8 Å². The van der Waals surface area contributed by atoms with Crippen LogP contribution in [0.2, 0.25) is 0 Å². The first-order valence-corrected chi connectivity index (χ1v) is 6.55. The maximum absolute atomic E-state index is 11.5. The fourth-order valence-electron chi connectivity index (χ4n) is 2.08. The average Bonchev–Trinajstić information content (AvgIpc) is 2.40. The summed E-state index contributed by atoms with van der Waals surface area (Å²) in [5.41, 5.74) is 2.22. The largest absolute Gasteiger partial charge is 0.496 e. The fraction of sp³-hybridized carbons (Fsp3) is 0.438. The van der Waals surface area contributed by atoms with Crippen LogP contribution in [0.3, 0.4) is 0 Å². The first-order chi connectivity index (χ1) is 9.38. The van der Waals surface area contributed by atoms with Crippen LogP contribution in [-0.4, -0.2) is 18.8 Å². The van der Waals surface area contributed by atoms with Gasteiger partial charge in [0.1, 0.15) is 11.5 Å². The molecule has 1 rings (SSSR count). The zero-order chi connectivity index (χ0) is 15.3. The van der Waals surface area contributed by atoms with Crippen LogP contribution in [-0.2, 0) is 0 Å². The molecule has 0 aliphatic carbocycles. The molecule has 0 radical (unpaired) electrons. The lowest BCUT2D eigenvalue weighted by molar-refractivity contribution is 0.261. The highest BCUT2D eigenvalue weighted by molar-refractivity contribution is 5.66. The molecule has 1 atom stereocenters. The minimum Gasteiger partial charge on any atom is -0.496 e. The third kappa shape index (κ3) is 4.10. The molecule has 0 aliphatic heterocycles. The Balaban J connectivity index is 3.21. The molecule has 0 amide bonds. The molecule has 1 unspecified atom stereocenters. The van der Waals surface area contributed by atoms with Crippen LogP contribution in [0.5, 0.6) is 5.75 Å². The Morgan fingerprint density at radius 2 is 2.15 bits per heavy atom. The smallest absolute Gasteiger partial charge is 0.339 e. The van der Waals surface area contributed by atoms with E-state index in [-0.39, 0.29) is 12.5 Å². The molecular formula is C16H22O4. The highest BCUT2D eigenvalue weighted by atomic mass is 16.5. The number of allylic oxidation sites excluding steroid dienone is 3. The molecule has 0 bridgehead atoms. The zero-order valence-corrected chi connectivity index (χ0v) is 12.7. The van der Waals surface area contributed by atoms with Crippen molar-refractivity contribution in [1.29, 1.82) is 0 Å². The highest BCUT2D eigenvalue weighted by Crippen LogP contribution is 2.25. The van der Waals surface area contributed by atoms with E-state index >= 15 is 0 Å². The second-order valence-corrected chi connectivity index (χ2v) is 4.99. The Kier molecular flexibility index (Phi) is 5.77. The topological polar surface area (TPSA) is 59.7 Å². The fourth-order valence-corrected chi connectivity index (χ4v) is 2.08. The highest BCUT2D eigenvalue weighted by Gasteiger charge is 2.11. The van der Waals surface area contributed by atoms with Gasteiger partial charge in [-0.15, -0.1) is 0 Å². The van der Waals surface area contributed by atoms with E-state index in [1.54, 1.807) is 0 Å². The van der Waals surface area contributed by atoms with Gasteiger partial charge in [0.15, 0.2) is 0 Å². The van der Waals surface area contributed by atoms with Crippen molar-refractivity contribution >= 4 is 5.57 Å². The summed E-state index contributed by atoms with van der Waals surface area (Å²) < 4.78 is 10.4. The van der Waals surface area contributed by atoms with Crippen molar-refractivity contribution in [1.82, 2.24) is 0 Å². The van der Waals surface area contributed by atoms with Gasteiger partial charge in [0.05, 0.1) is 13.2 Å². The number of hydrogen-bond donors (Lipinski definition) is 1. The summed E-state index contributed by atoms with van der Waals surface area (Å²) in [7, 11) is 1.53. The Bertz CT molecular complexity index is 579. The molecule has 110 valence electrons. The van der Waals surface area contributed by atoms with Crippen LogP contribution in [0, 0.1) is 12.8 Å².